The Bertz CT molecular complexity index is 876. The molecule has 1 aromatic heterocycles. The van der Waals surface area contributed by atoms with Gasteiger partial charge in [0.2, 0.25) is 5.95 Å². The third kappa shape index (κ3) is 5.28. The lowest BCUT2D eigenvalue weighted by Crippen LogP contribution is -2.23. The fourth-order valence-electron chi connectivity index (χ4n) is 2.45. The molecule has 3 aromatic rings. The highest BCUT2D eigenvalue weighted by Crippen LogP contribution is 2.12. The Balaban J connectivity index is 1.51. The fraction of sp³-hybridized carbons (Fsp3) is 0.190. The monoisotopic (exact) mass is 362 g/mol. The van der Waals surface area contributed by atoms with Crippen LogP contribution in [0.1, 0.15) is 27.0 Å². The van der Waals surface area contributed by atoms with E-state index in [1.165, 1.54) is 18.0 Å². The Morgan fingerprint density at radius 2 is 1.52 bits per heavy atom. The number of methoxy groups -OCH3 is 1. The molecule has 1 heterocycles. The van der Waals surface area contributed by atoms with Crippen LogP contribution in [0.4, 0.5) is 5.95 Å². The molecule has 0 aliphatic heterocycles. The van der Waals surface area contributed by atoms with Crippen molar-refractivity contribution in [1.29, 1.82) is 0 Å². The lowest BCUT2D eigenvalue weighted by Gasteiger charge is -2.08. The summed E-state index contributed by atoms with van der Waals surface area (Å²) in [6.07, 6.45) is 3.04. The molecule has 2 aromatic carbocycles. The molecule has 0 aliphatic carbocycles. The van der Waals surface area contributed by atoms with Crippen LogP contribution in [0.5, 0.6) is 5.75 Å². The number of hydrogen-bond acceptors (Lipinski definition) is 5. The summed E-state index contributed by atoms with van der Waals surface area (Å²) < 4.78 is 5.14. The first kappa shape index (κ1) is 18.4. The van der Waals surface area contributed by atoms with Crippen molar-refractivity contribution < 1.29 is 9.53 Å². The Morgan fingerprint density at radius 3 is 2.15 bits per heavy atom. The number of hydrogen-bond donors (Lipinski definition) is 2. The van der Waals surface area contributed by atoms with Crippen molar-refractivity contribution in [3.8, 4) is 5.75 Å². The van der Waals surface area contributed by atoms with Gasteiger partial charge in [0.05, 0.1) is 12.7 Å². The third-order valence-electron chi connectivity index (χ3n) is 4.10. The van der Waals surface area contributed by atoms with E-state index >= 15 is 0 Å². The van der Waals surface area contributed by atoms with Crippen LogP contribution in [0.3, 0.4) is 0 Å². The zero-order valence-electron chi connectivity index (χ0n) is 15.4. The fourth-order valence-corrected chi connectivity index (χ4v) is 2.45. The summed E-state index contributed by atoms with van der Waals surface area (Å²) in [4.78, 5) is 20.6. The van der Waals surface area contributed by atoms with Gasteiger partial charge in [-0.25, -0.2) is 9.97 Å². The Labute approximate surface area is 158 Å². The molecule has 138 valence electrons. The molecule has 0 unspecified atom stereocenters. The van der Waals surface area contributed by atoms with E-state index in [1.54, 1.807) is 7.11 Å². The molecule has 0 spiro atoms. The van der Waals surface area contributed by atoms with Gasteiger partial charge in [0, 0.05) is 25.5 Å². The second-order valence-corrected chi connectivity index (χ2v) is 6.17. The quantitative estimate of drug-likeness (QED) is 0.674. The van der Waals surface area contributed by atoms with Crippen LogP contribution in [-0.2, 0) is 13.1 Å². The van der Waals surface area contributed by atoms with Crippen LogP contribution in [0, 0.1) is 6.92 Å². The topological polar surface area (TPSA) is 76.1 Å². The van der Waals surface area contributed by atoms with Crippen molar-refractivity contribution in [1.82, 2.24) is 15.3 Å². The Hall–Kier alpha value is -3.41. The molecule has 0 radical (unpaired) electrons. The average Bonchev–Trinajstić information content (AvgIpc) is 2.72. The molecule has 0 saturated heterocycles. The normalized spacial score (nSPS) is 10.3. The van der Waals surface area contributed by atoms with Crippen LogP contribution in [0.15, 0.2) is 60.9 Å². The molecule has 6 nitrogen and oxygen atoms in total. The summed E-state index contributed by atoms with van der Waals surface area (Å²) in [6, 6.07) is 15.8. The maximum atomic E-state index is 12.2. The number of aryl methyl sites for hydroxylation is 1. The largest absolute Gasteiger partial charge is 0.497 e. The molecule has 3 rings (SSSR count). The first-order valence-electron chi connectivity index (χ1n) is 8.66. The van der Waals surface area contributed by atoms with E-state index in [0.717, 1.165) is 16.9 Å². The van der Waals surface area contributed by atoms with Crippen LogP contribution in [0.25, 0.3) is 0 Å². The van der Waals surface area contributed by atoms with E-state index in [9.17, 15) is 4.79 Å². The molecule has 0 bridgehead atoms. The van der Waals surface area contributed by atoms with Crippen molar-refractivity contribution in [3.63, 3.8) is 0 Å². The summed E-state index contributed by atoms with van der Waals surface area (Å²) in [5.74, 6) is 1.09. The van der Waals surface area contributed by atoms with Gasteiger partial charge in [-0.15, -0.1) is 0 Å². The zero-order valence-corrected chi connectivity index (χ0v) is 15.4. The lowest BCUT2D eigenvalue weighted by molar-refractivity contribution is 0.0950. The van der Waals surface area contributed by atoms with E-state index < -0.39 is 0 Å². The molecule has 1 amide bonds. The minimum absolute atomic E-state index is 0.197. The summed E-state index contributed by atoms with van der Waals surface area (Å²) in [5, 5.41) is 6.00. The van der Waals surface area contributed by atoms with Gasteiger partial charge in [-0.3, -0.25) is 4.79 Å². The number of aromatic nitrogens is 2. The third-order valence-corrected chi connectivity index (χ3v) is 4.10. The van der Waals surface area contributed by atoms with Gasteiger partial charge in [0.25, 0.3) is 5.91 Å². The van der Waals surface area contributed by atoms with Gasteiger partial charge in [-0.05, 0) is 30.2 Å². The van der Waals surface area contributed by atoms with Crippen molar-refractivity contribution in [3.05, 3.63) is 83.2 Å². The maximum absolute atomic E-state index is 12.2. The van der Waals surface area contributed by atoms with Crippen LogP contribution < -0.4 is 15.4 Å². The van der Waals surface area contributed by atoms with Gasteiger partial charge >= 0.3 is 0 Å². The first-order chi connectivity index (χ1) is 13.1. The second-order valence-electron chi connectivity index (χ2n) is 6.17. The molecular formula is C21H22N4O2. The highest BCUT2D eigenvalue weighted by Gasteiger charge is 2.07. The predicted octanol–water partition coefficient (Wildman–Crippen LogP) is 3.34. The maximum Gasteiger partial charge on any atom is 0.254 e. The Morgan fingerprint density at radius 1 is 0.926 bits per heavy atom. The molecule has 6 heteroatoms. The summed E-state index contributed by atoms with van der Waals surface area (Å²) >= 11 is 0. The number of anilines is 1. The standard InChI is InChI=1S/C21H22N4O2/c1-15-3-5-16(6-4-15)11-22-20(26)18-13-24-21(25-14-18)23-12-17-7-9-19(27-2)10-8-17/h3-10,13-14H,11-12H2,1-2H3,(H,22,26)(H,23,24,25). The van der Waals surface area contributed by atoms with Crippen molar-refractivity contribution in [2.24, 2.45) is 0 Å². The number of nitrogens with one attached hydrogen (secondary N) is 2. The van der Waals surface area contributed by atoms with Crippen LogP contribution in [-0.4, -0.2) is 23.0 Å². The van der Waals surface area contributed by atoms with Gasteiger partial charge in [-0.1, -0.05) is 42.0 Å². The summed E-state index contributed by atoms with van der Waals surface area (Å²) in [6.45, 7) is 3.09. The molecule has 27 heavy (non-hydrogen) atoms. The van der Waals surface area contributed by atoms with Crippen molar-refractivity contribution in [2.45, 2.75) is 20.0 Å². The van der Waals surface area contributed by atoms with Gasteiger partial charge in [0.1, 0.15) is 5.75 Å². The summed E-state index contributed by atoms with van der Waals surface area (Å²) in [7, 11) is 1.64. The number of amides is 1. The number of ether oxygens (including phenoxy) is 1. The second kappa shape index (κ2) is 8.80. The molecule has 0 aliphatic rings. The van der Waals surface area contributed by atoms with Crippen LogP contribution >= 0.6 is 0 Å². The highest BCUT2D eigenvalue weighted by molar-refractivity contribution is 5.93. The molecule has 0 atom stereocenters. The SMILES string of the molecule is COc1ccc(CNc2ncc(C(=O)NCc3ccc(C)cc3)cn2)cc1. The average molecular weight is 362 g/mol. The molecular weight excluding hydrogens is 340 g/mol. The van der Waals surface area contributed by atoms with Gasteiger partial charge in [0.15, 0.2) is 0 Å². The van der Waals surface area contributed by atoms with Crippen LogP contribution in [0.2, 0.25) is 0 Å². The Kier molecular flexibility index (Phi) is 5.99. The summed E-state index contributed by atoms with van der Waals surface area (Å²) in [5.41, 5.74) is 3.75. The highest BCUT2D eigenvalue weighted by atomic mass is 16.5. The smallest absolute Gasteiger partial charge is 0.254 e. The van der Waals surface area contributed by atoms with E-state index in [2.05, 4.69) is 20.6 Å². The predicted molar refractivity (Wildman–Crippen MR) is 105 cm³/mol. The first-order valence-corrected chi connectivity index (χ1v) is 8.66. The van der Waals surface area contributed by atoms with E-state index in [1.807, 2.05) is 55.5 Å². The number of carbonyl (C=O) groups excluding carboxylic acids is 1. The molecule has 0 saturated carbocycles. The van der Waals surface area contributed by atoms with E-state index in [4.69, 9.17) is 4.74 Å². The van der Waals surface area contributed by atoms with Gasteiger partial charge < -0.3 is 15.4 Å². The number of benzene rings is 2. The minimum Gasteiger partial charge on any atom is -0.497 e. The zero-order chi connectivity index (χ0) is 19.1. The van der Waals surface area contributed by atoms with Crippen molar-refractivity contribution >= 4 is 11.9 Å². The number of nitrogens with zero attached hydrogens (tertiary/aromatic N) is 2. The van der Waals surface area contributed by atoms with E-state index in [-0.39, 0.29) is 5.91 Å². The number of rotatable bonds is 7. The molecule has 0 fully saturated rings. The minimum atomic E-state index is -0.197. The van der Waals surface area contributed by atoms with Crippen molar-refractivity contribution in [2.75, 3.05) is 12.4 Å². The lowest BCUT2D eigenvalue weighted by atomic mass is 10.1. The molecule has 2 N–H and O–H groups in total. The van der Waals surface area contributed by atoms with Gasteiger partial charge in [-0.2, -0.15) is 0 Å². The van der Waals surface area contributed by atoms with E-state index in [0.29, 0.717) is 24.6 Å². The number of carbonyl (C=O) groups is 1.